The van der Waals surface area contributed by atoms with Gasteiger partial charge in [0.2, 0.25) is 5.91 Å². The van der Waals surface area contributed by atoms with Crippen molar-refractivity contribution in [1.82, 2.24) is 10.2 Å². The predicted molar refractivity (Wildman–Crippen MR) is 77.5 cm³/mol. The third-order valence-corrected chi connectivity index (χ3v) is 4.26. The summed E-state index contributed by atoms with van der Waals surface area (Å²) in [5.74, 6) is 0.206. The molecule has 0 bridgehead atoms. The molecule has 1 aliphatic heterocycles. The van der Waals surface area contributed by atoms with E-state index in [2.05, 4.69) is 10.2 Å². The maximum absolute atomic E-state index is 12.9. The zero-order chi connectivity index (χ0) is 14.7. The van der Waals surface area contributed by atoms with E-state index in [-0.39, 0.29) is 23.6 Å². The number of hydrogen-bond acceptors (Lipinski definition) is 3. The van der Waals surface area contributed by atoms with Gasteiger partial charge in [-0.05, 0) is 30.0 Å². The number of rotatable bonds is 5. The van der Waals surface area contributed by atoms with Gasteiger partial charge in [-0.1, -0.05) is 12.1 Å². The molecule has 0 aromatic heterocycles. The Morgan fingerprint density at radius 3 is 2.71 bits per heavy atom. The summed E-state index contributed by atoms with van der Waals surface area (Å²) in [6, 6.07) is 6.48. The molecule has 1 aromatic rings. The lowest BCUT2D eigenvalue weighted by Gasteiger charge is -2.26. The van der Waals surface area contributed by atoms with Crippen molar-refractivity contribution in [3.8, 4) is 0 Å². The van der Waals surface area contributed by atoms with E-state index in [1.165, 1.54) is 12.1 Å². The van der Waals surface area contributed by atoms with Crippen molar-refractivity contribution in [3.63, 3.8) is 0 Å². The van der Waals surface area contributed by atoms with Crippen LogP contribution in [0.25, 0.3) is 0 Å². The SMILES string of the molecule is O=C(NCCN1CCOCC1)C1CC1c1ccc(F)cc1. The second-order valence-corrected chi connectivity index (χ2v) is 5.75. The number of nitrogens with zero attached hydrogens (tertiary/aromatic N) is 1. The Labute approximate surface area is 124 Å². The van der Waals surface area contributed by atoms with E-state index in [1.54, 1.807) is 12.1 Å². The fraction of sp³-hybridized carbons (Fsp3) is 0.562. The number of morpholine rings is 1. The highest BCUT2D eigenvalue weighted by atomic mass is 19.1. The van der Waals surface area contributed by atoms with Crippen molar-refractivity contribution in [2.75, 3.05) is 39.4 Å². The molecule has 5 heteroatoms. The van der Waals surface area contributed by atoms with E-state index >= 15 is 0 Å². The number of nitrogens with one attached hydrogen (secondary N) is 1. The molecule has 2 aliphatic rings. The van der Waals surface area contributed by atoms with Gasteiger partial charge < -0.3 is 10.1 Å². The van der Waals surface area contributed by atoms with Gasteiger partial charge in [0, 0.05) is 32.1 Å². The summed E-state index contributed by atoms with van der Waals surface area (Å²) in [4.78, 5) is 14.4. The molecule has 4 nitrogen and oxygen atoms in total. The summed E-state index contributed by atoms with van der Waals surface area (Å²) in [7, 11) is 0. The molecular formula is C16H21FN2O2. The number of benzene rings is 1. The number of halogens is 1. The van der Waals surface area contributed by atoms with Crippen LogP contribution in [0.15, 0.2) is 24.3 Å². The first-order valence-corrected chi connectivity index (χ1v) is 7.57. The first-order valence-electron chi connectivity index (χ1n) is 7.57. The number of hydrogen-bond donors (Lipinski definition) is 1. The lowest BCUT2D eigenvalue weighted by molar-refractivity contribution is -0.122. The molecule has 2 atom stereocenters. The Hall–Kier alpha value is -1.46. The second kappa shape index (κ2) is 6.54. The summed E-state index contributed by atoms with van der Waals surface area (Å²) >= 11 is 0. The smallest absolute Gasteiger partial charge is 0.223 e. The average molecular weight is 292 g/mol. The van der Waals surface area contributed by atoms with Crippen LogP contribution in [-0.4, -0.2) is 50.2 Å². The topological polar surface area (TPSA) is 41.6 Å². The van der Waals surface area contributed by atoms with Gasteiger partial charge in [-0.25, -0.2) is 4.39 Å². The van der Waals surface area contributed by atoms with E-state index in [0.29, 0.717) is 6.54 Å². The highest BCUT2D eigenvalue weighted by molar-refractivity contribution is 5.82. The molecule has 2 fully saturated rings. The molecule has 0 radical (unpaired) electrons. The first kappa shape index (κ1) is 14.5. The average Bonchev–Trinajstić information content (AvgIpc) is 3.30. The van der Waals surface area contributed by atoms with Crippen LogP contribution < -0.4 is 5.32 Å². The summed E-state index contributed by atoms with van der Waals surface area (Å²) in [5.41, 5.74) is 1.06. The maximum Gasteiger partial charge on any atom is 0.223 e. The van der Waals surface area contributed by atoms with Crippen molar-refractivity contribution in [2.24, 2.45) is 5.92 Å². The fourth-order valence-corrected chi connectivity index (χ4v) is 2.86. The van der Waals surface area contributed by atoms with Crippen LogP contribution in [0.5, 0.6) is 0 Å². The largest absolute Gasteiger partial charge is 0.379 e. The van der Waals surface area contributed by atoms with Gasteiger partial charge in [-0.15, -0.1) is 0 Å². The Morgan fingerprint density at radius 1 is 1.29 bits per heavy atom. The van der Waals surface area contributed by atoms with E-state index in [4.69, 9.17) is 4.74 Å². The second-order valence-electron chi connectivity index (χ2n) is 5.75. The minimum atomic E-state index is -0.231. The molecule has 3 rings (SSSR count). The van der Waals surface area contributed by atoms with Gasteiger partial charge >= 0.3 is 0 Å². The van der Waals surface area contributed by atoms with E-state index < -0.39 is 0 Å². The van der Waals surface area contributed by atoms with Gasteiger partial charge in [0.15, 0.2) is 0 Å². The van der Waals surface area contributed by atoms with Crippen LogP contribution >= 0.6 is 0 Å². The predicted octanol–water partition coefficient (Wildman–Crippen LogP) is 1.38. The van der Waals surface area contributed by atoms with Crippen molar-refractivity contribution in [3.05, 3.63) is 35.6 Å². The number of amides is 1. The quantitative estimate of drug-likeness (QED) is 0.891. The highest BCUT2D eigenvalue weighted by Gasteiger charge is 2.43. The molecule has 114 valence electrons. The number of ether oxygens (including phenoxy) is 1. The zero-order valence-corrected chi connectivity index (χ0v) is 12.1. The van der Waals surface area contributed by atoms with Crippen LogP contribution in [0.3, 0.4) is 0 Å². The molecule has 1 N–H and O–H groups in total. The highest BCUT2D eigenvalue weighted by Crippen LogP contribution is 2.47. The minimum Gasteiger partial charge on any atom is -0.379 e. The fourth-order valence-electron chi connectivity index (χ4n) is 2.86. The van der Waals surface area contributed by atoms with Crippen LogP contribution in [0.2, 0.25) is 0 Å². The van der Waals surface area contributed by atoms with Crippen molar-refractivity contribution in [1.29, 1.82) is 0 Å². The number of carbonyl (C=O) groups excluding carboxylic acids is 1. The molecular weight excluding hydrogens is 271 g/mol. The normalized spacial score (nSPS) is 25.6. The molecule has 1 saturated carbocycles. The third kappa shape index (κ3) is 3.80. The Balaban J connectivity index is 1.39. The molecule has 1 heterocycles. The summed E-state index contributed by atoms with van der Waals surface area (Å²) in [5, 5.41) is 3.01. The van der Waals surface area contributed by atoms with E-state index in [9.17, 15) is 9.18 Å². The first-order chi connectivity index (χ1) is 10.2. The van der Waals surface area contributed by atoms with E-state index in [0.717, 1.165) is 44.8 Å². The van der Waals surface area contributed by atoms with Gasteiger partial charge in [0.05, 0.1) is 13.2 Å². The summed E-state index contributed by atoms with van der Waals surface area (Å²) in [6.45, 7) is 5.01. The zero-order valence-electron chi connectivity index (χ0n) is 12.1. The van der Waals surface area contributed by atoms with E-state index in [1.807, 2.05) is 0 Å². The van der Waals surface area contributed by atoms with Crippen molar-refractivity contribution in [2.45, 2.75) is 12.3 Å². The Kier molecular flexibility index (Phi) is 4.51. The van der Waals surface area contributed by atoms with Crippen LogP contribution in [0.1, 0.15) is 17.9 Å². The minimum absolute atomic E-state index is 0.0557. The lowest BCUT2D eigenvalue weighted by Crippen LogP contribution is -2.41. The molecule has 1 saturated heterocycles. The Morgan fingerprint density at radius 2 is 2.00 bits per heavy atom. The molecule has 1 amide bonds. The number of carbonyl (C=O) groups is 1. The summed E-state index contributed by atoms with van der Waals surface area (Å²) < 4.78 is 18.2. The van der Waals surface area contributed by atoms with Crippen molar-refractivity contribution < 1.29 is 13.9 Å². The van der Waals surface area contributed by atoms with Gasteiger partial charge in [-0.3, -0.25) is 9.69 Å². The van der Waals surface area contributed by atoms with Crippen molar-refractivity contribution >= 4 is 5.91 Å². The molecule has 2 unspecified atom stereocenters. The Bertz CT molecular complexity index is 486. The summed E-state index contributed by atoms with van der Waals surface area (Å²) in [6.07, 6.45) is 0.870. The van der Waals surface area contributed by atoms with Gasteiger partial charge in [-0.2, -0.15) is 0 Å². The van der Waals surface area contributed by atoms with Gasteiger partial charge in [0.25, 0.3) is 0 Å². The molecule has 21 heavy (non-hydrogen) atoms. The van der Waals surface area contributed by atoms with Crippen LogP contribution in [0.4, 0.5) is 4.39 Å². The molecule has 1 aromatic carbocycles. The standard InChI is InChI=1S/C16H21FN2O2/c17-13-3-1-12(2-4-13)14-11-15(14)16(20)18-5-6-19-7-9-21-10-8-19/h1-4,14-15H,5-11H2,(H,18,20). The molecule has 0 spiro atoms. The lowest BCUT2D eigenvalue weighted by atomic mass is 10.1. The van der Waals surface area contributed by atoms with Gasteiger partial charge in [0.1, 0.15) is 5.82 Å². The monoisotopic (exact) mass is 292 g/mol. The third-order valence-electron chi connectivity index (χ3n) is 4.26. The molecule has 1 aliphatic carbocycles. The maximum atomic E-state index is 12.9. The van der Waals surface area contributed by atoms with Crippen LogP contribution in [-0.2, 0) is 9.53 Å². The van der Waals surface area contributed by atoms with Crippen LogP contribution in [0, 0.1) is 11.7 Å².